The van der Waals surface area contributed by atoms with Crippen LogP contribution in [0.2, 0.25) is 0 Å². The SMILES string of the molecule is Cc1cc(NC(=O)c2cccc(COc3ccc(Br)cc3)c2)nn1Cc1ccccc1F. The second kappa shape index (κ2) is 9.78. The van der Waals surface area contributed by atoms with E-state index < -0.39 is 0 Å². The number of aryl methyl sites for hydroxylation is 1. The van der Waals surface area contributed by atoms with Crippen LogP contribution in [0.1, 0.15) is 27.2 Å². The third-order valence-corrected chi connectivity index (χ3v) is 5.44. The van der Waals surface area contributed by atoms with Crippen molar-refractivity contribution in [3.8, 4) is 5.75 Å². The lowest BCUT2D eigenvalue weighted by Crippen LogP contribution is -2.13. The lowest BCUT2D eigenvalue weighted by Gasteiger charge is -2.08. The number of anilines is 1. The summed E-state index contributed by atoms with van der Waals surface area (Å²) < 4.78 is 22.4. The van der Waals surface area contributed by atoms with Crippen LogP contribution in [0.5, 0.6) is 5.75 Å². The third-order valence-electron chi connectivity index (χ3n) is 4.91. The van der Waals surface area contributed by atoms with Crippen molar-refractivity contribution in [3.05, 3.63) is 112 Å². The maximum atomic E-state index is 13.9. The van der Waals surface area contributed by atoms with Gasteiger partial charge in [0, 0.05) is 27.4 Å². The van der Waals surface area contributed by atoms with Crippen LogP contribution in [0, 0.1) is 12.7 Å². The molecule has 0 aliphatic rings. The predicted octanol–water partition coefficient (Wildman–Crippen LogP) is 5.97. The van der Waals surface area contributed by atoms with Crippen molar-refractivity contribution in [1.82, 2.24) is 9.78 Å². The average Bonchev–Trinajstić information content (AvgIpc) is 3.13. The topological polar surface area (TPSA) is 56.1 Å². The maximum absolute atomic E-state index is 13.9. The number of aromatic nitrogens is 2. The molecule has 0 saturated carbocycles. The highest BCUT2D eigenvalue weighted by molar-refractivity contribution is 9.10. The second-order valence-electron chi connectivity index (χ2n) is 7.32. The molecular formula is C25H21BrFN3O2. The third kappa shape index (κ3) is 5.42. The molecule has 1 heterocycles. The summed E-state index contributed by atoms with van der Waals surface area (Å²) in [5.41, 5.74) is 2.74. The van der Waals surface area contributed by atoms with Gasteiger partial charge in [0.15, 0.2) is 5.82 Å². The van der Waals surface area contributed by atoms with E-state index in [1.165, 1.54) is 6.07 Å². The lowest BCUT2D eigenvalue weighted by atomic mass is 10.1. The molecule has 0 spiro atoms. The summed E-state index contributed by atoms with van der Waals surface area (Å²) in [6.07, 6.45) is 0. The first-order chi connectivity index (χ1) is 15.5. The zero-order valence-electron chi connectivity index (χ0n) is 17.4. The van der Waals surface area contributed by atoms with E-state index in [-0.39, 0.29) is 18.3 Å². The maximum Gasteiger partial charge on any atom is 0.256 e. The molecule has 4 rings (SSSR count). The van der Waals surface area contributed by atoms with Crippen LogP contribution in [0.15, 0.2) is 83.3 Å². The van der Waals surface area contributed by atoms with Crippen molar-refractivity contribution in [2.24, 2.45) is 0 Å². The molecule has 0 unspecified atom stereocenters. The average molecular weight is 494 g/mol. The van der Waals surface area contributed by atoms with Crippen LogP contribution < -0.4 is 10.1 Å². The zero-order valence-corrected chi connectivity index (χ0v) is 19.0. The molecule has 1 amide bonds. The molecule has 1 N–H and O–H groups in total. The smallest absolute Gasteiger partial charge is 0.256 e. The minimum Gasteiger partial charge on any atom is -0.489 e. The Kier molecular flexibility index (Phi) is 6.66. The van der Waals surface area contributed by atoms with Gasteiger partial charge in [0.2, 0.25) is 0 Å². The highest BCUT2D eigenvalue weighted by Gasteiger charge is 2.12. The molecule has 7 heteroatoms. The molecule has 4 aromatic rings. The minimum atomic E-state index is -0.282. The largest absolute Gasteiger partial charge is 0.489 e. The number of amides is 1. The first-order valence-electron chi connectivity index (χ1n) is 10.0. The molecule has 0 bridgehead atoms. The molecule has 0 saturated heterocycles. The molecule has 3 aromatic carbocycles. The van der Waals surface area contributed by atoms with Gasteiger partial charge in [0.05, 0.1) is 6.54 Å². The summed E-state index contributed by atoms with van der Waals surface area (Å²) in [5, 5.41) is 7.22. The summed E-state index contributed by atoms with van der Waals surface area (Å²) in [6, 6.07) is 23.2. The van der Waals surface area contributed by atoms with Crippen molar-refractivity contribution < 1.29 is 13.9 Å². The van der Waals surface area contributed by atoms with Crippen LogP contribution in [0.25, 0.3) is 0 Å². The van der Waals surface area contributed by atoms with E-state index in [9.17, 15) is 9.18 Å². The fraction of sp³-hybridized carbons (Fsp3) is 0.120. The summed E-state index contributed by atoms with van der Waals surface area (Å²) in [4.78, 5) is 12.7. The van der Waals surface area contributed by atoms with Crippen LogP contribution in [-0.4, -0.2) is 15.7 Å². The van der Waals surface area contributed by atoms with Gasteiger partial charge in [0.1, 0.15) is 18.2 Å². The number of carbonyl (C=O) groups is 1. The Labute approximate surface area is 194 Å². The number of benzene rings is 3. The van der Waals surface area contributed by atoms with Crippen LogP contribution in [0.3, 0.4) is 0 Å². The summed E-state index contributed by atoms with van der Waals surface area (Å²) in [5.74, 6) is 0.612. The minimum absolute atomic E-state index is 0.272. The molecule has 0 aliphatic heterocycles. The van der Waals surface area contributed by atoms with Gasteiger partial charge >= 0.3 is 0 Å². The Morgan fingerprint density at radius 1 is 1.06 bits per heavy atom. The van der Waals surface area contributed by atoms with Gasteiger partial charge in [0.25, 0.3) is 5.91 Å². The highest BCUT2D eigenvalue weighted by Crippen LogP contribution is 2.18. The van der Waals surface area contributed by atoms with Crippen LogP contribution in [0.4, 0.5) is 10.2 Å². The number of hydrogen-bond acceptors (Lipinski definition) is 3. The standard InChI is InChI=1S/C25H21BrFN3O2/c1-17-13-24(29-30(17)15-20-6-2-3-8-23(20)27)28-25(31)19-7-4-5-18(14-19)16-32-22-11-9-21(26)10-12-22/h2-14H,15-16H2,1H3,(H,28,29,31). The van der Waals surface area contributed by atoms with Gasteiger partial charge in [-0.15, -0.1) is 0 Å². The van der Waals surface area contributed by atoms with Crippen molar-refractivity contribution in [2.75, 3.05) is 5.32 Å². The van der Waals surface area contributed by atoms with Gasteiger partial charge in [-0.1, -0.05) is 46.3 Å². The Bertz CT molecular complexity index is 1240. The van der Waals surface area contributed by atoms with E-state index in [1.54, 1.807) is 41.1 Å². The van der Waals surface area contributed by atoms with E-state index in [0.29, 0.717) is 23.6 Å². The van der Waals surface area contributed by atoms with E-state index in [0.717, 1.165) is 21.5 Å². The molecule has 5 nitrogen and oxygen atoms in total. The molecule has 0 fully saturated rings. The quantitative estimate of drug-likeness (QED) is 0.344. The van der Waals surface area contributed by atoms with Gasteiger partial charge < -0.3 is 10.1 Å². The molecule has 32 heavy (non-hydrogen) atoms. The normalized spacial score (nSPS) is 10.7. The number of nitrogens with zero attached hydrogens (tertiary/aromatic N) is 2. The summed E-state index contributed by atoms with van der Waals surface area (Å²) >= 11 is 3.40. The van der Waals surface area contributed by atoms with Crippen molar-refractivity contribution in [3.63, 3.8) is 0 Å². The first-order valence-corrected chi connectivity index (χ1v) is 10.8. The Hall–Kier alpha value is -3.45. The van der Waals surface area contributed by atoms with Crippen LogP contribution in [-0.2, 0) is 13.2 Å². The Morgan fingerprint density at radius 3 is 2.62 bits per heavy atom. The fourth-order valence-corrected chi connectivity index (χ4v) is 3.47. The summed E-state index contributed by atoms with van der Waals surface area (Å²) in [6.45, 7) is 2.50. The fourth-order valence-electron chi connectivity index (χ4n) is 3.21. The van der Waals surface area contributed by atoms with E-state index in [2.05, 4.69) is 26.3 Å². The van der Waals surface area contributed by atoms with Crippen LogP contribution >= 0.6 is 15.9 Å². The molecule has 1 aromatic heterocycles. The van der Waals surface area contributed by atoms with E-state index >= 15 is 0 Å². The molecular weight excluding hydrogens is 473 g/mol. The number of hydrogen-bond donors (Lipinski definition) is 1. The number of rotatable bonds is 7. The monoisotopic (exact) mass is 493 g/mol. The van der Waals surface area contributed by atoms with Gasteiger partial charge in [-0.3, -0.25) is 9.48 Å². The molecule has 0 atom stereocenters. The lowest BCUT2D eigenvalue weighted by molar-refractivity contribution is 0.102. The van der Waals surface area contributed by atoms with Gasteiger partial charge in [-0.05, 0) is 55.0 Å². The number of carbonyl (C=O) groups excluding carboxylic acids is 1. The number of halogens is 2. The predicted molar refractivity (Wildman–Crippen MR) is 125 cm³/mol. The number of nitrogens with one attached hydrogen (secondary N) is 1. The van der Waals surface area contributed by atoms with Gasteiger partial charge in [-0.2, -0.15) is 5.10 Å². The van der Waals surface area contributed by atoms with Crippen molar-refractivity contribution in [1.29, 1.82) is 0 Å². The van der Waals surface area contributed by atoms with E-state index in [4.69, 9.17) is 4.74 Å². The van der Waals surface area contributed by atoms with Crippen molar-refractivity contribution in [2.45, 2.75) is 20.1 Å². The molecule has 0 radical (unpaired) electrons. The second-order valence-corrected chi connectivity index (χ2v) is 8.23. The summed E-state index contributed by atoms with van der Waals surface area (Å²) in [7, 11) is 0. The molecule has 162 valence electrons. The Balaban J connectivity index is 1.41. The molecule has 0 aliphatic carbocycles. The van der Waals surface area contributed by atoms with Crippen molar-refractivity contribution >= 4 is 27.7 Å². The van der Waals surface area contributed by atoms with Gasteiger partial charge in [-0.25, -0.2) is 4.39 Å². The Morgan fingerprint density at radius 2 is 1.84 bits per heavy atom. The first kappa shape index (κ1) is 21.8. The number of ether oxygens (including phenoxy) is 1. The zero-order chi connectivity index (χ0) is 22.5. The van der Waals surface area contributed by atoms with E-state index in [1.807, 2.05) is 43.3 Å². The highest BCUT2D eigenvalue weighted by atomic mass is 79.9.